The number of rotatable bonds is 3. The minimum absolute atomic E-state index is 0.00558. The predicted molar refractivity (Wildman–Crippen MR) is 96.4 cm³/mol. The molecule has 0 spiro atoms. The van der Waals surface area contributed by atoms with Crippen LogP contribution in [0.2, 0.25) is 0 Å². The van der Waals surface area contributed by atoms with Crippen LogP contribution in [0.3, 0.4) is 0 Å². The second-order valence-corrected chi connectivity index (χ2v) is 8.30. The van der Waals surface area contributed by atoms with Gasteiger partial charge in [0.1, 0.15) is 0 Å². The van der Waals surface area contributed by atoms with Crippen molar-refractivity contribution in [3.8, 4) is 0 Å². The fourth-order valence-electron chi connectivity index (χ4n) is 3.69. The molecule has 0 aromatic heterocycles. The molecule has 0 heterocycles. The Balaban J connectivity index is 2.06. The second-order valence-electron chi connectivity index (χ2n) is 8.30. The number of hydrogen-bond donors (Lipinski definition) is 0. The Morgan fingerprint density at radius 3 is 2.04 bits per heavy atom. The number of Topliss-reactive ketones (excluding diaryl/α,β-unsaturated/α-hetero) is 1. The van der Waals surface area contributed by atoms with Crippen LogP contribution in [-0.2, 0) is 16.8 Å². The number of fused-ring (bicyclic) bond motifs is 1. The van der Waals surface area contributed by atoms with Crippen LogP contribution in [-0.4, -0.2) is 5.78 Å². The van der Waals surface area contributed by atoms with Crippen molar-refractivity contribution >= 4 is 5.78 Å². The monoisotopic (exact) mass is 342 g/mol. The van der Waals surface area contributed by atoms with Gasteiger partial charge in [0.15, 0.2) is 0 Å². The predicted octanol–water partition coefficient (Wildman–Crippen LogP) is 6.01. The molecule has 3 rings (SSSR count). The van der Waals surface area contributed by atoms with Gasteiger partial charge in [0.25, 0.3) is 0 Å². The maximum Gasteiger partial charge on any atom is 0.334 e. The zero-order valence-corrected chi connectivity index (χ0v) is 15.2. The van der Waals surface area contributed by atoms with E-state index in [2.05, 4.69) is 27.7 Å². The highest BCUT2D eigenvalue weighted by Gasteiger charge is 2.43. The summed E-state index contributed by atoms with van der Waals surface area (Å²) in [7, 11) is 0. The van der Waals surface area contributed by atoms with Crippen molar-refractivity contribution in [2.45, 2.75) is 57.3 Å². The van der Waals surface area contributed by atoms with E-state index in [-0.39, 0.29) is 22.0 Å². The molecular weight excluding hydrogens is 318 g/mol. The van der Waals surface area contributed by atoms with Gasteiger partial charge in [0, 0.05) is 11.1 Å². The van der Waals surface area contributed by atoms with Crippen LogP contribution in [0.15, 0.2) is 48.5 Å². The molecule has 0 amide bonds. The zero-order chi connectivity index (χ0) is 18.5. The lowest BCUT2D eigenvalue weighted by Gasteiger charge is -2.42. The van der Waals surface area contributed by atoms with Crippen LogP contribution in [0.1, 0.15) is 67.6 Å². The lowest BCUT2D eigenvalue weighted by Crippen LogP contribution is -2.34. The highest BCUT2D eigenvalue weighted by atomic mass is 19.3. The smallest absolute Gasteiger partial charge is 0.287 e. The Morgan fingerprint density at radius 1 is 0.880 bits per heavy atom. The summed E-state index contributed by atoms with van der Waals surface area (Å²) in [4.78, 5) is 12.6. The van der Waals surface area contributed by atoms with Gasteiger partial charge >= 0.3 is 5.92 Å². The Bertz CT molecular complexity index is 804. The summed E-state index contributed by atoms with van der Waals surface area (Å²) >= 11 is 0. The quantitative estimate of drug-likeness (QED) is 0.624. The molecule has 1 aliphatic carbocycles. The molecule has 0 fully saturated rings. The van der Waals surface area contributed by atoms with Gasteiger partial charge in [0.05, 0.1) is 0 Å². The minimum Gasteiger partial charge on any atom is -0.287 e. The number of alkyl halides is 2. The van der Waals surface area contributed by atoms with E-state index in [1.54, 1.807) is 18.2 Å². The van der Waals surface area contributed by atoms with Crippen molar-refractivity contribution in [2.24, 2.45) is 0 Å². The highest BCUT2D eigenvalue weighted by molar-refractivity contribution is 6.02. The van der Waals surface area contributed by atoms with E-state index in [4.69, 9.17) is 0 Å². The number of hydrogen-bond acceptors (Lipinski definition) is 1. The van der Waals surface area contributed by atoms with Crippen molar-refractivity contribution in [3.05, 3.63) is 70.8 Å². The summed E-state index contributed by atoms with van der Waals surface area (Å²) in [6.45, 7) is 8.57. The average molecular weight is 342 g/mol. The van der Waals surface area contributed by atoms with Crippen LogP contribution in [0.5, 0.6) is 0 Å². The molecule has 3 heteroatoms. The number of carbonyl (C=O) groups is 1. The van der Waals surface area contributed by atoms with Crippen molar-refractivity contribution in [3.63, 3.8) is 0 Å². The maximum absolute atomic E-state index is 14.7. The topological polar surface area (TPSA) is 17.1 Å². The Kier molecular flexibility index (Phi) is 4.09. The molecule has 132 valence electrons. The molecule has 0 radical (unpaired) electrons. The molecule has 0 atom stereocenters. The van der Waals surface area contributed by atoms with E-state index in [1.807, 2.05) is 6.07 Å². The van der Waals surface area contributed by atoms with Crippen molar-refractivity contribution in [1.29, 1.82) is 0 Å². The molecule has 25 heavy (non-hydrogen) atoms. The third-order valence-electron chi connectivity index (χ3n) is 5.54. The zero-order valence-electron chi connectivity index (χ0n) is 15.2. The largest absolute Gasteiger partial charge is 0.334 e. The first-order chi connectivity index (χ1) is 11.6. The minimum atomic E-state index is -3.52. The Labute approximate surface area is 148 Å². The van der Waals surface area contributed by atoms with Crippen molar-refractivity contribution in [2.75, 3.05) is 0 Å². The molecule has 0 saturated heterocycles. The van der Waals surface area contributed by atoms with Gasteiger partial charge in [0.2, 0.25) is 5.78 Å². The van der Waals surface area contributed by atoms with Crippen LogP contribution in [0.4, 0.5) is 8.78 Å². The van der Waals surface area contributed by atoms with E-state index in [0.717, 1.165) is 24.0 Å². The first kappa shape index (κ1) is 17.8. The standard InChI is InChI=1S/C22H24F2O/c1-20(2)12-13-21(3,4)18-14-15(10-11-17(18)20)19(25)22(23,24)16-8-6-5-7-9-16/h5-11,14H,12-13H2,1-4H3. The fourth-order valence-corrected chi connectivity index (χ4v) is 3.69. The molecule has 2 aromatic carbocycles. The maximum atomic E-state index is 14.7. The van der Waals surface area contributed by atoms with E-state index >= 15 is 0 Å². The lowest BCUT2D eigenvalue weighted by atomic mass is 9.63. The number of carbonyl (C=O) groups excluding carboxylic acids is 1. The lowest BCUT2D eigenvalue weighted by molar-refractivity contribution is 0.00740. The summed E-state index contributed by atoms with van der Waals surface area (Å²) < 4.78 is 29.3. The normalized spacial score (nSPS) is 18.5. The van der Waals surface area contributed by atoms with Gasteiger partial charge in [-0.05, 0) is 40.9 Å². The van der Waals surface area contributed by atoms with Crippen molar-refractivity contribution in [1.82, 2.24) is 0 Å². The first-order valence-corrected chi connectivity index (χ1v) is 8.69. The van der Waals surface area contributed by atoms with Crippen molar-refractivity contribution < 1.29 is 13.6 Å². The number of halogens is 2. The van der Waals surface area contributed by atoms with Crippen LogP contribution in [0, 0.1) is 0 Å². The molecule has 1 nitrogen and oxygen atoms in total. The Morgan fingerprint density at radius 2 is 1.44 bits per heavy atom. The molecule has 2 aromatic rings. The fraction of sp³-hybridized carbons (Fsp3) is 0.409. The van der Waals surface area contributed by atoms with Crippen LogP contribution >= 0.6 is 0 Å². The summed E-state index contributed by atoms with van der Waals surface area (Å²) in [5.74, 6) is -4.66. The number of ketones is 1. The highest BCUT2D eigenvalue weighted by Crippen LogP contribution is 2.46. The second kappa shape index (κ2) is 5.76. The summed E-state index contributed by atoms with van der Waals surface area (Å²) in [6.07, 6.45) is 2.01. The van der Waals surface area contributed by atoms with Gasteiger partial charge in [-0.25, -0.2) is 0 Å². The van der Waals surface area contributed by atoms with Gasteiger partial charge in [-0.1, -0.05) is 70.2 Å². The third kappa shape index (κ3) is 3.01. The van der Waals surface area contributed by atoms with Gasteiger partial charge in [-0.2, -0.15) is 8.78 Å². The van der Waals surface area contributed by atoms with Crippen LogP contribution < -0.4 is 0 Å². The molecule has 0 aliphatic heterocycles. The first-order valence-electron chi connectivity index (χ1n) is 8.69. The molecule has 0 bridgehead atoms. The van der Waals surface area contributed by atoms with E-state index in [0.29, 0.717) is 0 Å². The summed E-state index contributed by atoms with van der Waals surface area (Å²) in [6, 6.07) is 12.4. The van der Waals surface area contributed by atoms with Gasteiger partial charge < -0.3 is 0 Å². The van der Waals surface area contributed by atoms with E-state index in [9.17, 15) is 13.6 Å². The molecule has 1 aliphatic rings. The molecule has 0 saturated carbocycles. The molecule has 0 unspecified atom stereocenters. The van der Waals surface area contributed by atoms with E-state index in [1.165, 1.54) is 24.3 Å². The molecule has 0 N–H and O–H groups in total. The van der Waals surface area contributed by atoms with Gasteiger partial charge in [-0.3, -0.25) is 4.79 Å². The van der Waals surface area contributed by atoms with Crippen LogP contribution in [0.25, 0.3) is 0 Å². The molecular formula is C22H24F2O. The summed E-state index contributed by atoms with van der Waals surface area (Å²) in [5, 5.41) is 0. The SMILES string of the molecule is CC1(C)CCC(C)(C)c2cc(C(=O)C(F)(F)c3ccccc3)ccc21. The summed E-state index contributed by atoms with van der Waals surface area (Å²) in [5.41, 5.74) is 1.86. The number of benzene rings is 2. The van der Waals surface area contributed by atoms with Gasteiger partial charge in [-0.15, -0.1) is 0 Å². The third-order valence-corrected chi connectivity index (χ3v) is 5.54. The Hall–Kier alpha value is -2.03. The van der Waals surface area contributed by atoms with E-state index < -0.39 is 11.7 Å². The average Bonchev–Trinajstić information content (AvgIpc) is 2.59.